The van der Waals surface area contributed by atoms with Crippen molar-refractivity contribution in [2.24, 2.45) is 0 Å². The second-order valence-electron chi connectivity index (χ2n) is 13.5. The van der Waals surface area contributed by atoms with Crippen LogP contribution in [0, 0.1) is 0 Å². The highest BCUT2D eigenvalue weighted by molar-refractivity contribution is 6.26. The van der Waals surface area contributed by atoms with Crippen LogP contribution in [0.2, 0.25) is 0 Å². The van der Waals surface area contributed by atoms with E-state index in [1.54, 1.807) is 0 Å². The molecule has 0 unspecified atom stereocenters. The monoisotopic (exact) mass is 693 g/mol. The molecule has 3 nitrogen and oxygen atoms in total. The number of hydrogen-bond acceptors (Lipinski definition) is 2. The number of nitrogens with zero attached hydrogens (tertiary/aromatic N) is 2. The molecule has 0 aliphatic carbocycles. The van der Waals surface area contributed by atoms with Crippen molar-refractivity contribution < 1.29 is 11.3 Å². The normalized spacial score (nSPS) is 13.0. The summed E-state index contributed by atoms with van der Waals surface area (Å²) < 4.78 is 51.7. The van der Waals surface area contributed by atoms with E-state index in [-0.39, 0.29) is 29.7 Å². The summed E-state index contributed by atoms with van der Waals surface area (Å²) in [6.07, 6.45) is 0. The molecule has 0 radical (unpaired) electrons. The Balaban J connectivity index is 1.24. The first-order chi connectivity index (χ1) is 28.9. The molecule has 0 fully saturated rings. The Morgan fingerprint density at radius 1 is 0.463 bits per heavy atom. The smallest absolute Gasteiger partial charge is 0.145 e. The predicted octanol–water partition coefficient (Wildman–Crippen LogP) is 13.9. The van der Waals surface area contributed by atoms with Gasteiger partial charge in [0, 0.05) is 22.0 Å². The van der Waals surface area contributed by atoms with Crippen LogP contribution < -0.4 is 0 Å². The van der Waals surface area contributed by atoms with Crippen LogP contribution >= 0.6 is 0 Å². The van der Waals surface area contributed by atoms with Crippen LogP contribution in [0.5, 0.6) is 0 Å². The van der Waals surface area contributed by atoms with Gasteiger partial charge in [-0.25, -0.2) is 4.98 Å². The van der Waals surface area contributed by atoms with E-state index in [4.69, 9.17) is 16.3 Å². The molecule has 11 aromatic rings. The van der Waals surface area contributed by atoms with Crippen LogP contribution in [-0.4, -0.2) is 9.55 Å². The van der Waals surface area contributed by atoms with Gasteiger partial charge in [0.25, 0.3) is 0 Å². The summed E-state index contributed by atoms with van der Waals surface area (Å²) >= 11 is 0. The van der Waals surface area contributed by atoms with Gasteiger partial charge in [0.05, 0.1) is 17.9 Å². The largest absolute Gasteiger partial charge is 0.456 e. The molecule has 0 aliphatic rings. The highest BCUT2D eigenvalue weighted by Crippen LogP contribution is 2.48. The van der Waals surface area contributed by atoms with Gasteiger partial charge in [-0.1, -0.05) is 145 Å². The average molecular weight is 694 g/mol. The molecule has 0 atom stereocenters. The molecule has 0 aliphatic heterocycles. The molecule has 2 aromatic heterocycles. The molecular formula is C51H32N2O. The summed E-state index contributed by atoms with van der Waals surface area (Å²) in [5, 5.41) is 5.86. The fourth-order valence-electron chi connectivity index (χ4n) is 8.18. The number of imidazole rings is 1. The van der Waals surface area contributed by atoms with Crippen molar-refractivity contribution in [3.63, 3.8) is 0 Å². The molecule has 0 amide bonds. The van der Waals surface area contributed by atoms with Gasteiger partial charge >= 0.3 is 0 Å². The molecule has 2 heterocycles. The lowest BCUT2D eigenvalue weighted by molar-refractivity contribution is 0.669. The lowest BCUT2D eigenvalue weighted by atomic mass is 9.83. The van der Waals surface area contributed by atoms with Gasteiger partial charge in [-0.3, -0.25) is 4.57 Å². The quantitative estimate of drug-likeness (QED) is 0.168. The Morgan fingerprint density at radius 3 is 2.02 bits per heavy atom. The third kappa shape index (κ3) is 4.72. The lowest BCUT2D eigenvalue weighted by Crippen LogP contribution is -1.97. The Morgan fingerprint density at radius 2 is 1.15 bits per heavy atom. The zero-order valence-electron chi connectivity index (χ0n) is 33.9. The molecule has 0 bridgehead atoms. The van der Waals surface area contributed by atoms with Crippen LogP contribution in [0.3, 0.4) is 0 Å². The highest BCUT2D eigenvalue weighted by Gasteiger charge is 2.22. The van der Waals surface area contributed by atoms with E-state index in [1.165, 1.54) is 0 Å². The van der Waals surface area contributed by atoms with Crippen molar-refractivity contribution >= 4 is 54.5 Å². The summed E-state index contributed by atoms with van der Waals surface area (Å²) in [7, 11) is 0. The van der Waals surface area contributed by atoms with Crippen molar-refractivity contribution in [3.8, 4) is 50.5 Å². The maximum absolute atomic E-state index is 8.92. The minimum Gasteiger partial charge on any atom is -0.456 e. The number of fused-ring (bicyclic) bond motifs is 6. The summed E-state index contributed by atoms with van der Waals surface area (Å²) in [6.45, 7) is 0. The molecule has 0 saturated carbocycles. The zero-order valence-corrected chi connectivity index (χ0v) is 28.9. The highest BCUT2D eigenvalue weighted by atomic mass is 16.3. The van der Waals surface area contributed by atoms with Gasteiger partial charge in [0.1, 0.15) is 17.0 Å². The molecule has 252 valence electrons. The summed E-state index contributed by atoms with van der Waals surface area (Å²) in [6, 6.07) is 53.8. The van der Waals surface area contributed by atoms with E-state index in [9.17, 15) is 0 Å². The van der Waals surface area contributed by atoms with Crippen molar-refractivity contribution in [2.75, 3.05) is 0 Å². The third-order valence-electron chi connectivity index (χ3n) is 10.5. The van der Waals surface area contributed by atoms with Gasteiger partial charge in [-0.05, 0) is 103 Å². The third-order valence-corrected chi connectivity index (χ3v) is 10.5. The Bertz CT molecular complexity index is 3490. The first-order valence-corrected chi connectivity index (χ1v) is 18.0. The van der Waals surface area contributed by atoms with Crippen molar-refractivity contribution in [3.05, 3.63) is 194 Å². The average Bonchev–Trinajstić information content (AvgIpc) is 3.87. The van der Waals surface area contributed by atoms with E-state index in [0.717, 1.165) is 93.8 Å². The maximum Gasteiger partial charge on any atom is 0.145 e. The van der Waals surface area contributed by atoms with Crippen molar-refractivity contribution in [2.45, 2.75) is 0 Å². The van der Waals surface area contributed by atoms with Crippen LogP contribution in [0.15, 0.2) is 198 Å². The van der Waals surface area contributed by atoms with Gasteiger partial charge in [-0.15, -0.1) is 0 Å². The standard InChI is InChI=1S/C51H32N2O/c1-3-15-33(16-4-1)34-29-30-40-43(32-34)49(42-24-14-28-47-50(42)41-23-9-12-27-46(41)54-47)39-22-8-7-21-38(39)48(40)35-17-13-18-36(31-35)51-52-44-25-10-11-26-45(44)53(51)37-19-5-2-6-20-37/h1-32H/i1D,3D,4D,15D,16D. The number of hydrogen-bond donors (Lipinski definition) is 0. The summed E-state index contributed by atoms with van der Waals surface area (Å²) in [4.78, 5) is 5.18. The number of benzene rings is 9. The molecule has 0 saturated heterocycles. The molecule has 9 aromatic carbocycles. The van der Waals surface area contributed by atoms with Crippen LogP contribution in [0.4, 0.5) is 0 Å². The number of aromatic nitrogens is 2. The Hall–Kier alpha value is -7.23. The van der Waals surface area contributed by atoms with Crippen molar-refractivity contribution in [1.29, 1.82) is 0 Å². The molecule has 54 heavy (non-hydrogen) atoms. The first kappa shape index (κ1) is 25.7. The van der Waals surface area contributed by atoms with E-state index in [2.05, 4.69) is 77.4 Å². The lowest BCUT2D eigenvalue weighted by Gasteiger charge is -2.19. The predicted molar refractivity (Wildman–Crippen MR) is 225 cm³/mol. The van der Waals surface area contributed by atoms with Crippen LogP contribution in [0.1, 0.15) is 6.85 Å². The molecule has 0 N–H and O–H groups in total. The fraction of sp³-hybridized carbons (Fsp3) is 0. The van der Waals surface area contributed by atoms with E-state index < -0.39 is 6.04 Å². The Labute approximate surface area is 319 Å². The SMILES string of the molecule is [2H]c1c([2H])c([2H])c(-c2ccc3c(-c4cccc(-c5nc6ccccc6n5-c5ccccc5)c4)c4ccccc4c(-c4cccc5oc6ccccc6c45)c3c2)c([2H])c1[2H]. The first-order valence-electron chi connectivity index (χ1n) is 20.5. The second-order valence-corrected chi connectivity index (χ2v) is 13.5. The Kier molecular flexibility index (Phi) is 5.79. The van der Waals surface area contributed by atoms with Gasteiger partial charge in [-0.2, -0.15) is 0 Å². The molecular weight excluding hydrogens is 657 g/mol. The van der Waals surface area contributed by atoms with E-state index in [0.29, 0.717) is 5.56 Å². The topological polar surface area (TPSA) is 31.0 Å². The fourth-order valence-corrected chi connectivity index (χ4v) is 8.18. The zero-order chi connectivity index (χ0) is 39.9. The number of furan rings is 1. The van der Waals surface area contributed by atoms with Gasteiger partial charge in [0.15, 0.2) is 0 Å². The minimum atomic E-state index is -0.419. The van der Waals surface area contributed by atoms with E-state index >= 15 is 0 Å². The van der Waals surface area contributed by atoms with E-state index in [1.807, 2.05) is 91.0 Å². The molecule has 0 spiro atoms. The number of rotatable bonds is 5. The number of para-hydroxylation sites is 4. The van der Waals surface area contributed by atoms with Crippen molar-refractivity contribution in [1.82, 2.24) is 9.55 Å². The van der Waals surface area contributed by atoms with Gasteiger partial charge in [0.2, 0.25) is 0 Å². The molecule has 3 heteroatoms. The maximum atomic E-state index is 8.92. The minimum absolute atomic E-state index is 0.160. The van der Waals surface area contributed by atoms with Crippen LogP contribution in [0.25, 0.3) is 105 Å². The molecule has 11 rings (SSSR count). The van der Waals surface area contributed by atoms with Gasteiger partial charge < -0.3 is 4.42 Å². The summed E-state index contributed by atoms with van der Waals surface area (Å²) in [5.74, 6) is 0.825. The second kappa shape index (κ2) is 12.2. The summed E-state index contributed by atoms with van der Waals surface area (Å²) in [5.41, 5.74) is 10.1. The van der Waals surface area contributed by atoms with Crippen LogP contribution in [-0.2, 0) is 0 Å².